The molecule has 0 radical (unpaired) electrons. The van der Waals surface area contributed by atoms with Crippen molar-refractivity contribution in [3.8, 4) is 0 Å². The first-order valence-electron chi connectivity index (χ1n) is 10.4. The van der Waals surface area contributed by atoms with Gasteiger partial charge < -0.3 is 10.2 Å². The largest absolute Gasteiger partial charge is 0.354 e. The van der Waals surface area contributed by atoms with Crippen molar-refractivity contribution < 1.29 is 9.59 Å². The highest BCUT2D eigenvalue weighted by atomic mass is 35.5. The number of halogens is 1. The van der Waals surface area contributed by atoms with Crippen LogP contribution >= 0.6 is 23.4 Å². The van der Waals surface area contributed by atoms with Crippen molar-refractivity contribution >= 4 is 35.2 Å². The zero-order valence-corrected chi connectivity index (χ0v) is 19.6. The number of thioether (sulfide) groups is 1. The van der Waals surface area contributed by atoms with Crippen molar-refractivity contribution in [3.05, 3.63) is 70.2 Å². The number of benzene rings is 2. The molecule has 2 amide bonds. The SMILES string of the molecule is CCCNC(=O)[C@@H](CC)N(Cc1ccccc1C)C(=O)CSCc1cccc(Cl)c1. The van der Waals surface area contributed by atoms with E-state index < -0.39 is 6.04 Å². The van der Waals surface area contributed by atoms with E-state index in [1.807, 2.05) is 69.3 Å². The summed E-state index contributed by atoms with van der Waals surface area (Å²) in [5.74, 6) is 0.907. The molecular weight excluding hydrogens is 416 g/mol. The summed E-state index contributed by atoms with van der Waals surface area (Å²) in [7, 11) is 0. The third kappa shape index (κ3) is 7.37. The minimum Gasteiger partial charge on any atom is -0.354 e. The number of aryl methyl sites for hydroxylation is 1. The summed E-state index contributed by atoms with van der Waals surface area (Å²) in [6.45, 7) is 7.05. The molecule has 0 bridgehead atoms. The Labute approximate surface area is 189 Å². The van der Waals surface area contributed by atoms with E-state index in [2.05, 4.69) is 5.32 Å². The first kappa shape index (κ1) is 24.3. The van der Waals surface area contributed by atoms with Gasteiger partial charge in [0.2, 0.25) is 11.8 Å². The zero-order chi connectivity index (χ0) is 21.9. The number of amides is 2. The molecular formula is C24H31ClN2O2S. The van der Waals surface area contributed by atoms with Crippen LogP contribution in [-0.4, -0.2) is 35.1 Å². The molecule has 30 heavy (non-hydrogen) atoms. The summed E-state index contributed by atoms with van der Waals surface area (Å²) in [5, 5.41) is 3.65. The number of nitrogens with one attached hydrogen (secondary N) is 1. The quantitative estimate of drug-likeness (QED) is 0.515. The molecule has 0 aromatic heterocycles. The third-order valence-electron chi connectivity index (χ3n) is 4.92. The highest BCUT2D eigenvalue weighted by Crippen LogP contribution is 2.20. The van der Waals surface area contributed by atoms with E-state index in [4.69, 9.17) is 11.6 Å². The lowest BCUT2D eigenvalue weighted by Crippen LogP contribution is -2.49. The Morgan fingerprint density at radius 2 is 1.90 bits per heavy atom. The lowest BCUT2D eigenvalue weighted by atomic mass is 10.1. The number of carbonyl (C=O) groups is 2. The normalized spacial score (nSPS) is 11.7. The zero-order valence-electron chi connectivity index (χ0n) is 18.0. The van der Waals surface area contributed by atoms with E-state index in [-0.39, 0.29) is 11.8 Å². The fraction of sp³-hybridized carbons (Fsp3) is 0.417. The molecule has 0 fully saturated rings. The molecule has 4 nitrogen and oxygen atoms in total. The first-order chi connectivity index (χ1) is 14.5. The minimum absolute atomic E-state index is 0.0243. The molecule has 2 rings (SSSR count). The second-order valence-corrected chi connectivity index (χ2v) is 8.71. The number of rotatable bonds is 11. The Morgan fingerprint density at radius 3 is 2.57 bits per heavy atom. The fourth-order valence-corrected chi connectivity index (χ4v) is 4.29. The summed E-state index contributed by atoms with van der Waals surface area (Å²) < 4.78 is 0. The van der Waals surface area contributed by atoms with Crippen LogP contribution in [0.3, 0.4) is 0 Å². The number of carbonyl (C=O) groups excluding carboxylic acids is 2. The lowest BCUT2D eigenvalue weighted by Gasteiger charge is -2.31. The summed E-state index contributed by atoms with van der Waals surface area (Å²) in [6, 6.07) is 15.2. The van der Waals surface area contributed by atoms with Gasteiger partial charge in [-0.15, -0.1) is 11.8 Å². The molecule has 0 unspecified atom stereocenters. The van der Waals surface area contributed by atoms with E-state index in [0.717, 1.165) is 23.1 Å². The van der Waals surface area contributed by atoms with Gasteiger partial charge in [-0.05, 0) is 48.6 Å². The maximum Gasteiger partial charge on any atom is 0.242 e. The molecule has 2 aromatic carbocycles. The van der Waals surface area contributed by atoms with Crippen LogP contribution in [0.2, 0.25) is 5.02 Å². The van der Waals surface area contributed by atoms with Crippen molar-refractivity contribution in [1.82, 2.24) is 10.2 Å². The van der Waals surface area contributed by atoms with E-state index in [9.17, 15) is 9.59 Å². The smallest absolute Gasteiger partial charge is 0.242 e. The Balaban J connectivity index is 2.12. The number of hydrogen-bond donors (Lipinski definition) is 1. The van der Waals surface area contributed by atoms with Gasteiger partial charge in [-0.2, -0.15) is 0 Å². The predicted octanol–water partition coefficient (Wildman–Crippen LogP) is 5.22. The highest BCUT2D eigenvalue weighted by Gasteiger charge is 2.28. The van der Waals surface area contributed by atoms with Crippen LogP contribution in [0, 0.1) is 6.92 Å². The molecule has 0 saturated carbocycles. The first-order valence-corrected chi connectivity index (χ1v) is 11.9. The number of hydrogen-bond acceptors (Lipinski definition) is 3. The molecule has 0 spiro atoms. The van der Waals surface area contributed by atoms with Crippen LogP contribution in [0.1, 0.15) is 43.4 Å². The van der Waals surface area contributed by atoms with Crippen LogP contribution in [0.4, 0.5) is 0 Å². The van der Waals surface area contributed by atoms with Gasteiger partial charge in [0.25, 0.3) is 0 Å². The van der Waals surface area contributed by atoms with Gasteiger partial charge in [-0.1, -0.05) is 61.8 Å². The Morgan fingerprint density at radius 1 is 1.13 bits per heavy atom. The topological polar surface area (TPSA) is 49.4 Å². The van der Waals surface area contributed by atoms with Gasteiger partial charge in [-0.3, -0.25) is 9.59 Å². The molecule has 162 valence electrons. The van der Waals surface area contributed by atoms with E-state index >= 15 is 0 Å². The summed E-state index contributed by atoms with van der Waals surface area (Å²) in [5.41, 5.74) is 3.26. The van der Waals surface area contributed by atoms with Gasteiger partial charge in [0, 0.05) is 23.9 Å². The van der Waals surface area contributed by atoms with Gasteiger partial charge in [0.05, 0.1) is 5.75 Å². The molecule has 1 atom stereocenters. The van der Waals surface area contributed by atoms with Gasteiger partial charge in [-0.25, -0.2) is 0 Å². The van der Waals surface area contributed by atoms with Crippen molar-refractivity contribution in [2.75, 3.05) is 12.3 Å². The fourth-order valence-electron chi connectivity index (χ4n) is 3.22. The maximum atomic E-state index is 13.2. The van der Waals surface area contributed by atoms with E-state index in [1.54, 1.807) is 16.7 Å². The van der Waals surface area contributed by atoms with E-state index in [1.165, 1.54) is 0 Å². The second-order valence-electron chi connectivity index (χ2n) is 7.29. The molecule has 6 heteroatoms. The highest BCUT2D eigenvalue weighted by molar-refractivity contribution is 7.99. The molecule has 0 saturated heterocycles. The second kappa shape index (κ2) is 12.7. The molecule has 0 aliphatic rings. The van der Waals surface area contributed by atoms with E-state index in [0.29, 0.717) is 36.0 Å². The van der Waals surface area contributed by atoms with Crippen molar-refractivity contribution in [1.29, 1.82) is 0 Å². The van der Waals surface area contributed by atoms with Gasteiger partial charge in [0.1, 0.15) is 6.04 Å². The molecule has 0 heterocycles. The minimum atomic E-state index is -0.476. The van der Waals surface area contributed by atoms with Crippen LogP contribution in [-0.2, 0) is 21.9 Å². The third-order valence-corrected chi connectivity index (χ3v) is 6.14. The van der Waals surface area contributed by atoms with Crippen molar-refractivity contribution in [2.24, 2.45) is 0 Å². The standard InChI is InChI=1S/C24H31ClN2O2S/c1-4-13-26-24(29)22(5-2)27(15-20-11-7-6-9-18(20)3)23(28)17-30-16-19-10-8-12-21(25)14-19/h6-12,14,22H,4-5,13,15-17H2,1-3H3,(H,26,29)/t22-/m1/s1. The molecule has 2 aromatic rings. The Bertz CT molecular complexity index is 843. The Kier molecular flexibility index (Phi) is 10.2. The van der Waals surface area contributed by atoms with Crippen molar-refractivity contribution in [2.45, 2.75) is 52.0 Å². The summed E-state index contributed by atoms with van der Waals surface area (Å²) >= 11 is 7.59. The number of nitrogens with zero attached hydrogens (tertiary/aromatic N) is 1. The monoisotopic (exact) mass is 446 g/mol. The van der Waals surface area contributed by atoms with Crippen LogP contribution < -0.4 is 5.32 Å². The lowest BCUT2D eigenvalue weighted by molar-refractivity contribution is -0.139. The van der Waals surface area contributed by atoms with Crippen LogP contribution in [0.25, 0.3) is 0 Å². The van der Waals surface area contributed by atoms with Gasteiger partial charge >= 0.3 is 0 Å². The average molecular weight is 447 g/mol. The van der Waals surface area contributed by atoms with Crippen LogP contribution in [0.5, 0.6) is 0 Å². The van der Waals surface area contributed by atoms with Gasteiger partial charge in [0.15, 0.2) is 0 Å². The molecule has 1 N–H and O–H groups in total. The summed E-state index contributed by atoms with van der Waals surface area (Å²) in [6.07, 6.45) is 1.44. The predicted molar refractivity (Wildman–Crippen MR) is 127 cm³/mol. The average Bonchev–Trinajstić information content (AvgIpc) is 2.73. The van der Waals surface area contributed by atoms with Crippen LogP contribution in [0.15, 0.2) is 48.5 Å². The molecule has 0 aliphatic carbocycles. The summed E-state index contributed by atoms with van der Waals surface area (Å²) in [4.78, 5) is 27.7. The maximum absolute atomic E-state index is 13.2. The van der Waals surface area contributed by atoms with Crippen molar-refractivity contribution in [3.63, 3.8) is 0 Å². The Hall–Kier alpha value is -1.98. The molecule has 0 aliphatic heterocycles.